The van der Waals surface area contributed by atoms with Crippen LogP contribution in [0.5, 0.6) is 0 Å². The quantitative estimate of drug-likeness (QED) is 0.209. The van der Waals surface area contributed by atoms with E-state index in [1.807, 2.05) is 12.1 Å². The topological polar surface area (TPSA) is 105 Å². The zero-order valence-corrected chi connectivity index (χ0v) is 18.3. The van der Waals surface area contributed by atoms with Crippen LogP contribution in [0.2, 0.25) is 0 Å². The number of anilines is 2. The monoisotopic (exact) mass is 461 g/mol. The van der Waals surface area contributed by atoms with Gasteiger partial charge in [-0.25, -0.2) is 13.9 Å². The Bertz CT molecular complexity index is 1300. The van der Waals surface area contributed by atoms with Crippen molar-refractivity contribution in [2.24, 2.45) is 0 Å². The molecule has 8 nitrogen and oxygen atoms in total. The molecule has 0 atom stereocenters. The van der Waals surface area contributed by atoms with Crippen LogP contribution in [0.4, 0.5) is 16.2 Å². The maximum Gasteiger partial charge on any atom is 0.337 e. The molecule has 9 heteroatoms. The van der Waals surface area contributed by atoms with Gasteiger partial charge in [0.05, 0.1) is 24.6 Å². The van der Waals surface area contributed by atoms with Gasteiger partial charge in [-0.3, -0.25) is 4.79 Å². The number of urea groups is 1. The van der Waals surface area contributed by atoms with Gasteiger partial charge in [0, 0.05) is 23.1 Å². The minimum atomic E-state index is -0.507. The van der Waals surface area contributed by atoms with Crippen LogP contribution >= 0.6 is 12.8 Å². The van der Waals surface area contributed by atoms with E-state index in [4.69, 9.17) is 9.15 Å². The fraction of sp³-hybridized carbons (Fsp3) is 0.0417. The van der Waals surface area contributed by atoms with E-state index in [1.54, 1.807) is 54.7 Å². The van der Waals surface area contributed by atoms with Gasteiger partial charge >= 0.3 is 12.0 Å². The van der Waals surface area contributed by atoms with Crippen LogP contribution in [0.3, 0.4) is 0 Å². The number of nitrogens with zero attached hydrogens (tertiary/aromatic N) is 1. The summed E-state index contributed by atoms with van der Waals surface area (Å²) in [4.78, 5) is 39.7. The number of methoxy groups -OCH3 is 1. The van der Waals surface area contributed by atoms with Crippen LogP contribution in [0, 0.1) is 0 Å². The summed E-state index contributed by atoms with van der Waals surface area (Å²) in [5.74, 6) is -0.448. The maximum absolute atomic E-state index is 12.6. The fourth-order valence-corrected chi connectivity index (χ4v) is 3.33. The summed E-state index contributed by atoms with van der Waals surface area (Å²) in [6.07, 6.45) is 3.08. The molecular weight excluding hydrogens is 442 g/mol. The average Bonchev–Trinajstić information content (AvgIpc) is 3.56. The highest BCUT2D eigenvalue weighted by molar-refractivity contribution is 7.82. The minimum Gasteiger partial charge on any atom is -0.465 e. The zero-order chi connectivity index (χ0) is 23.4. The van der Waals surface area contributed by atoms with Crippen LogP contribution < -0.4 is 9.62 Å². The van der Waals surface area contributed by atoms with Crippen molar-refractivity contribution in [1.29, 1.82) is 0 Å². The molecule has 0 aliphatic rings. The van der Waals surface area contributed by atoms with Crippen molar-refractivity contribution in [2.45, 2.75) is 0 Å². The first-order valence-corrected chi connectivity index (χ1v) is 10.2. The Balaban J connectivity index is 1.43. The van der Waals surface area contributed by atoms with E-state index < -0.39 is 12.0 Å². The van der Waals surface area contributed by atoms with E-state index in [0.29, 0.717) is 22.5 Å². The molecule has 0 saturated carbocycles. The number of hydrogen-bond acceptors (Lipinski definition) is 6. The Hall–Kier alpha value is -4.24. The lowest BCUT2D eigenvalue weighted by Crippen LogP contribution is -2.26. The third-order valence-corrected chi connectivity index (χ3v) is 5.25. The molecule has 0 fully saturated rings. The van der Waals surface area contributed by atoms with Gasteiger partial charge in [-0.05, 0) is 54.1 Å². The number of nitrogens with one attached hydrogen (secondary N) is 2. The molecular formula is C24H19N3O5S. The maximum atomic E-state index is 12.6. The SMILES string of the molecule is COC(=O)c1cccc(N(S)C(=O)Nc2ccc(-c3cc(C(=O)c4ccco4)c[nH]3)cc2)c1. The molecule has 2 aromatic heterocycles. The smallest absolute Gasteiger partial charge is 0.337 e. The summed E-state index contributed by atoms with van der Waals surface area (Å²) >= 11 is 4.24. The van der Waals surface area contributed by atoms with Crippen LogP contribution in [0.1, 0.15) is 26.5 Å². The number of carbonyl (C=O) groups excluding carboxylic acids is 3. The standard InChI is InChI=1S/C24H19N3O5S/c1-31-23(29)16-4-2-5-19(12-16)27(33)24(30)26-18-9-7-15(8-10-18)20-13-17(14-25-20)22(28)21-6-3-11-32-21/h2-14,25,33H,1H3,(H,26,30). The van der Waals surface area contributed by atoms with E-state index in [2.05, 4.69) is 23.1 Å². The van der Waals surface area contributed by atoms with Crippen molar-refractivity contribution in [3.63, 3.8) is 0 Å². The number of rotatable bonds is 6. The average molecular weight is 461 g/mol. The molecule has 0 aliphatic heterocycles. The van der Waals surface area contributed by atoms with E-state index in [9.17, 15) is 14.4 Å². The van der Waals surface area contributed by atoms with Gasteiger partial charge in [0.25, 0.3) is 0 Å². The summed E-state index contributed by atoms with van der Waals surface area (Å²) in [5, 5.41) is 2.74. The number of aromatic amines is 1. The van der Waals surface area contributed by atoms with Crippen molar-refractivity contribution in [2.75, 3.05) is 16.7 Å². The molecule has 0 radical (unpaired) electrons. The van der Waals surface area contributed by atoms with Gasteiger partial charge in [-0.1, -0.05) is 31.0 Å². The molecule has 0 bridgehead atoms. The van der Waals surface area contributed by atoms with Crippen molar-refractivity contribution in [3.8, 4) is 11.3 Å². The first-order valence-electron chi connectivity index (χ1n) is 9.81. The third-order valence-electron chi connectivity index (χ3n) is 4.84. The molecule has 2 amide bonds. The van der Waals surface area contributed by atoms with Crippen molar-refractivity contribution < 1.29 is 23.5 Å². The second kappa shape index (κ2) is 9.49. The molecule has 0 spiro atoms. The third kappa shape index (κ3) is 4.83. The van der Waals surface area contributed by atoms with Gasteiger partial charge in [0.15, 0.2) is 5.76 Å². The number of aromatic nitrogens is 1. The van der Waals surface area contributed by atoms with Crippen LogP contribution in [0.25, 0.3) is 11.3 Å². The highest BCUT2D eigenvalue weighted by Crippen LogP contribution is 2.24. The number of esters is 1. The Labute approximate surface area is 194 Å². The largest absolute Gasteiger partial charge is 0.465 e. The number of benzene rings is 2. The number of ether oxygens (including phenoxy) is 1. The van der Waals surface area contributed by atoms with Crippen molar-refractivity contribution in [3.05, 3.63) is 96.1 Å². The summed E-state index contributed by atoms with van der Waals surface area (Å²) in [6, 6.07) is 18.0. The van der Waals surface area contributed by atoms with E-state index in [0.717, 1.165) is 15.6 Å². The predicted octanol–water partition coefficient (Wildman–Crippen LogP) is 5.18. The zero-order valence-electron chi connectivity index (χ0n) is 17.4. The second-order valence-corrected chi connectivity index (χ2v) is 7.37. The number of H-pyrrole nitrogens is 1. The highest BCUT2D eigenvalue weighted by Gasteiger charge is 2.16. The first kappa shape index (κ1) is 22.0. The summed E-state index contributed by atoms with van der Waals surface area (Å²) in [7, 11) is 1.29. The van der Waals surface area contributed by atoms with Crippen LogP contribution in [-0.2, 0) is 4.74 Å². The molecule has 0 aliphatic carbocycles. The molecule has 166 valence electrons. The Morgan fingerprint density at radius 2 is 1.79 bits per heavy atom. The van der Waals surface area contributed by atoms with Gasteiger partial charge in [0.2, 0.25) is 5.78 Å². The Morgan fingerprint density at radius 1 is 1.00 bits per heavy atom. The van der Waals surface area contributed by atoms with Gasteiger partial charge < -0.3 is 19.5 Å². The van der Waals surface area contributed by atoms with Gasteiger partial charge in [-0.15, -0.1) is 0 Å². The lowest BCUT2D eigenvalue weighted by atomic mass is 10.1. The fourth-order valence-electron chi connectivity index (χ4n) is 3.15. The summed E-state index contributed by atoms with van der Waals surface area (Å²) in [6.45, 7) is 0. The highest BCUT2D eigenvalue weighted by atomic mass is 32.1. The number of ketones is 1. The lowest BCUT2D eigenvalue weighted by molar-refractivity contribution is 0.0600. The van der Waals surface area contributed by atoms with Gasteiger partial charge in [0.1, 0.15) is 0 Å². The Kier molecular flexibility index (Phi) is 6.32. The predicted molar refractivity (Wildman–Crippen MR) is 127 cm³/mol. The van der Waals surface area contributed by atoms with Crippen molar-refractivity contribution in [1.82, 2.24) is 4.98 Å². The van der Waals surface area contributed by atoms with Crippen molar-refractivity contribution >= 4 is 42.0 Å². The molecule has 0 unspecified atom stereocenters. The Morgan fingerprint density at radius 3 is 2.48 bits per heavy atom. The molecule has 2 N–H and O–H groups in total. The van der Waals surface area contributed by atoms with E-state index in [-0.39, 0.29) is 11.5 Å². The molecule has 2 aromatic carbocycles. The second-order valence-electron chi connectivity index (χ2n) is 6.97. The van der Waals surface area contributed by atoms with Crippen LogP contribution in [-0.4, -0.2) is 29.9 Å². The molecule has 0 saturated heterocycles. The molecule has 2 heterocycles. The number of thiol groups is 1. The van der Waals surface area contributed by atoms with E-state index in [1.165, 1.54) is 19.4 Å². The van der Waals surface area contributed by atoms with Crippen LogP contribution in [0.15, 0.2) is 83.6 Å². The minimum absolute atomic E-state index is 0.212. The van der Waals surface area contributed by atoms with Gasteiger partial charge in [-0.2, -0.15) is 0 Å². The number of furan rings is 1. The molecule has 33 heavy (non-hydrogen) atoms. The van der Waals surface area contributed by atoms with E-state index >= 15 is 0 Å². The summed E-state index contributed by atoms with van der Waals surface area (Å²) < 4.78 is 11.0. The normalized spacial score (nSPS) is 10.5. The number of hydrogen-bond donors (Lipinski definition) is 3. The molecule has 4 aromatic rings. The summed E-state index contributed by atoms with van der Waals surface area (Å²) in [5.41, 5.74) is 3.33. The first-order chi connectivity index (χ1) is 16.0. The number of amides is 2. The molecule has 4 rings (SSSR count). The number of carbonyl (C=O) groups is 3. The lowest BCUT2D eigenvalue weighted by Gasteiger charge is -2.17.